The standard InChI is InChI=1S/C25H32N2O4/c1-5-7-20-14-18(6-2)15-22(24(20)31-13-12-30-17(3)4)23(25(28)29)27-21-10-8-19(16-26)9-11-21/h8-11,14-15,17,23,27H,5-7,12-13H2,1-4H3,(H,28,29). The molecule has 0 aliphatic rings. The zero-order valence-corrected chi connectivity index (χ0v) is 18.8. The Kier molecular flexibility index (Phi) is 9.36. The minimum absolute atomic E-state index is 0.102. The van der Waals surface area contributed by atoms with Gasteiger partial charge in [0.05, 0.1) is 24.3 Å². The van der Waals surface area contributed by atoms with E-state index in [-0.39, 0.29) is 6.10 Å². The Morgan fingerprint density at radius 2 is 1.87 bits per heavy atom. The smallest absolute Gasteiger partial charge is 0.330 e. The molecule has 6 nitrogen and oxygen atoms in total. The van der Waals surface area contributed by atoms with E-state index >= 15 is 0 Å². The number of benzene rings is 2. The van der Waals surface area contributed by atoms with Crippen LogP contribution in [0.25, 0.3) is 0 Å². The Labute approximate surface area is 184 Å². The first-order valence-corrected chi connectivity index (χ1v) is 10.8. The SMILES string of the molecule is CCCc1cc(CC)cc(C(Nc2ccc(C#N)cc2)C(=O)O)c1OCCOC(C)C. The molecule has 1 unspecified atom stereocenters. The number of aliphatic carboxylic acids is 1. The fourth-order valence-corrected chi connectivity index (χ4v) is 3.34. The summed E-state index contributed by atoms with van der Waals surface area (Å²) in [6.07, 6.45) is 2.62. The van der Waals surface area contributed by atoms with Crippen LogP contribution in [0.4, 0.5) is 5.69 Å². The third kappa shape index (κ3) is 7.01. The second-order valence-electron chi connectivity index (χ2n) is 7.65. The lowest BCUT2D eigenvalue weighted by atomic mass is 9.95. The van der Waals surface area contributed by atoms with Gasteiger partial charge in [0.25, 0.3) is 0 Å². The lowest BCUT2D eigenvalue weighted by Crippen LogP contribution is -2.23. The van der Waals surface area contributed by atoms with Crippen molar-refractivity contribution in [1.29, 1.82) is 5.26 Å². The number of aryl methyl sites for hydroxylation is 2. The van der Waals surface area contributed by atoms with E-state index in [4.69, 9.17) is 14.7 Å². The highest BCUT2D eigenvalue weighted by molar-refractivity contribution is 5.81. The fourth-order valence-electron chi connectivity index (χ4n) is 3.34. The van der Waals surface area contributed by atoms with Crippen molar-refractivity contribution >= 4 is 11.7 Å². The van der Waals surface area contributed by atoms with Gasteiger partial charge in [-0.3, -0.25) is 0 Å². The van der Waals surface area contributed by atoms with Crippen LogP contribution in [0.5, 0.6) is 5.75 Å². The minimum atomic E-state index is -0.997. The number of nitrogens with zero attached hydrogens (tertiary/aromatic N) is 1. The summed E-state index contributed by atoms with van der Waals surface area (Å²) in [6.45, 7) is 8.84. The molecule has 2 N–H and O–H groups in total. The second kappa shape index (κ2) is 12.0. The van der Waals surface area contributed by atoms with Gasteiger partial charge in [-0.05, 0) is 68.1 Å². The van der Waals surface area contributed by atoms with Crippen LogP contribution in [-0.2, 0) is 22.4 Å². The summed E-state index contributed by atoms with van der Waals surface area (Å²) in [7, 11) is 0. The van der Waals surface area contributed by atoms with Crippen molar-refractivity contribution in [2.45, 2.75) is 59.1 Å². The van der Waals surface area contributed by atoms with Gasteiger partial charge in [0.15, 0.2) is 6.04 Å². The molecule has 0 aliphatic carbocycles. The Bertz CT molecular complexity index is 901. The molecule has 0 saturated carbocycles. The summed E-state index contributed by atoms with van der Waals surface area (Å²) < 4.78 is 11.7. The zero-order valence-electron chi connectivity index (χ0n) is 18.8. The Balaban J connectivity index is 2.44. The Morgan fingerprint density at radius 1 is 1.16 bits per heavy atom. The largest absolute Gasteiger partial charge is 0.491 e. The van der Waals surface area contributed by atoms with Crippen LogP contribution in [0.3, 0.4) is 0 Å². The van der Waals surface area contributed by atoms with Gasteiger partial charge in [-0.25, -0.2) is 4.79 Å². The van der Waals surface area contributed by atoms with E-state index < -0.39 is 12.0 Å². The topological polar surface area (TPSA) is 91.6 Å². The van der Waals surface area contributed by atoms with Crippen molar-refractivity contribution in [2.24, 2.45) is 0 Å². The summed E-state index contributed by atoms with van der Waals surface area (Å²) in [5.41, 5.74) is 3.82. The van der Waals surface area contributed by atoms with Crippen LogP contribution in [0.15, 0.2) is 36.4 Å². The van der Waals surface area contributed by atoms with Crippen LogP contribution in [0.1, 0.15) is 62.4 Å². The Hall–Kier alpha value is -3.04. The maximum Gasteiger partial charge on any atom is 0.330 e. The monoisotopic (exact) mass is 424 g/mol. The molecule has 2 aromatic carbocycles. The van der Waals surface area contributed by atoms with Crippen molar-refractivity contribution in [2.75, 3.05) is 18.5 Å². The van der Waals surface area contributed by atoms with Gasteiger partial charge in [-0.2, -0.15) is 5.26 Å². The number of nitrogens with one attached hydrogen (secondary N) is 1. The molecule has 0 heterocycles. The molecule has 1 atom stereocenters. The summed E-state index contributed by atoms with van der Waals surface area (Å²) in [6, 6.07) is 11.8. The molecule has 2 aromatic rings. The van der Waals surface area contributed by atoms with Gasteiger partial charge < -0.3 is 19.9 Å². The maximum atomic E-state index is 12.3. The highest BCUT2D eigenvalue weighted by Gasteiger charge is 2.26. The van der Waals surface area contributed by atoms with Crippen LogP contribution in [-0.4, -0.2) is 30.4 Å². The summed E-state index contributed by atoms with van der Waals surface area (Å²) in [4.78, 5) is 12.3. The maximum absolute atomic E-state index is 12.3. The molecule has 0 aliphatic heterocycles. The van der Waals surface area contributed by atoms with E-state index in [1.807, 2.05) is 19.9 Å². The molecule has 0 fully saturated rings. The molecule has 0 saturated heterocycles. The third-order valence-electron chi connectivity index (χ3n) is 4.85. The molecule has 0 radical (unpaired) electrons. The van der Waals surface area contributed by atoms with Crippen molar-refractivity contribution in [1.82, 2.24) is 0 Å². The average molecular weight is 425 g/mol. The van der Waals surface area contributed by atoms with E-state index in [0.717, 1.165) is 30.4 Å². The number of rotatable bonds is 12. The summed E-state index contributed by atoms with van der Waals surface area (Å²) >= 11 is 0. The molecule has 2 rings (SSSR count). The number of hydrogen-bond donors (Lipinski definition) is 2. The van der Waals surface area contributed by atoms with Gasteiger partial charge in [0, 0.05) is 11.3 Å². The Morgan fingerprint density at radius 3 is 2.42 bits per heavy atom. The van der Waals surface area contributed by atoms with Crippen molar-refractivity contribution < 1.29 is 19.4 Å². The number of anilines is 1. The van der Waals surface area contributed by atoms with E-state index in [0.29, 0.717) is 35.8 Å². The lowest BCUT2D eigenvalue weighted by Gasteiger charge is -2.23. The number of hydrogen-bond acceptors (Lipinski definition) is 5. The van der Waals surface area contributed by atoms with Crippen molar-refractivity contribution in [3.8, 4) is 11.8 Å². The molecule has 0 aromatic heterocycles. The average Bonchev–Trinajstić information content (AvgIpc) is 2.75. The molecule has 0 amide bonds. The van der Waals surface area contributed by atoms with Gasteiger partial charge in [0.1, 0.15) is 12.4 Å². The lowest BCUT2D eigenvalue weighted by molar-refractivity contribution is -0.138. The van der Waals surface area contributed by atoms with E-state index in [1.54, 1.807) is 24.3 Å². The molecule has 166 valence electrons. The molecule has 0 spiro atoms. The number of carboxylic acids is 1. The summed E-state index contributed by atoms with van der Waals surface area (Å²) in [5.74, 6) is -0.386. The molecule has 31 heavy (non-hydrogen) atoms. The van der Waals surface area contributed by atoms with E-state index in [2.05, 4.69) is 31.3 Å². The zero-order chi connectivity index (χ0) is 22.8. The number of carbonyl (C=O) groups is 1. The molecule has 0 bridgehead atoms. The van der Waals surface area contributed by atoms with Gasteiger partial charge in [-0.1, -0.05) is 26.3 Å². The predicted octanol–water partition coefficient (Wildman–Crippen LogP) is 5.11. The van der Waals surface area contributed by atoms with Crippen LogP contribution >= 0.6 is 0 Å². The molecular weight excluding hydrogens is 392 g/mol. The van der Waals surface area contributed by atoms with E-state index in [9.17, 15) is 9.90 Å². The van der Waals surface area contributed by atoms with E-state index in [1.165, 1.54) is 0 Å². The van der Waals surface area contributed by atoms with Crippen LogP contribution in [0, 0.1) is 11.3 Å². The van der Waals surface area contributed by atoms with Gasteiger partial charge in [0.2, 0.25) is 0 Å². The second-order valence-corrected chi connectivity index (χ2v) is 7.65. The van der Waals surface area contributed by atoms with Crippen molar-refractivity contribution in [3.05, 3.63) is 58.7 Å². The third-order valence-corrected chi connectivity index (χ3v) is 4.85. The molecular formula is C25H32N2O4. The normalized spacial score (nSPS) is 11.7. The van der Waals surface area contributed by atoms with Gasteiger partial charge >= 0.3 is 5.97 Å². The fraction of sp³-hybridized carbons (Fsp3) is 0.440. The van der Waals surface area contributed by atoms with Crippen LogP contribution < -0.4 is 10.1 Å². The minimum Gasteiger partial charge on any atom is -0.491 e. The number of nitriles is 1. The highest BCUT2D eigenvalue weighted by Crippen LogP contribution is 2.34. The predicted molar refractivity (Wildman–Crippen MR) is 122 cm³/mol. The molecule has 6 heteroatoms. The number of ether oxygens (including phenoxy) is 2. The quantitative estimate of drug-likeness (QED) is 0.460. The first-order valence-electron chi connectivity index (χ1n) is 10.8. The van der Waals surface area contributed by atoms with Crippen molar-refractivity contribution in [3.63, 3.8) is 0 Å². The first-order chi connectivity index (χ1) is 14.9. The first kappa shape index (κ1) is 24.2. The van der Waals surface area contributed by atoms with Crippen LogP contribution in [0.2, 0.25) is 0 Å². The summed E-state index contributed by atoms with van der Waals surface area (Å²) in [5, 5.41) is 22.1. The highest BCUT2D eigenvalue weighted by atomic mass is 16.5. The number of carboxylic acid groups (broad SMARTS) is 1. The van der Waals surface area contributed by atoms with Gasteiger partial charge in [-0.15, -0.1) is 0 Å².